The lowest BCUT2D eigenvalue weighted by Crippen LogP contribution is -2.21. The molecule has 70 valence electrons. The van der Waals surface area contributed by atoms with Crippen LogP contribution in [0.5, 0.6) is 0 Å². The van der Waals surface area contributed by atoms with Crippen LogP contribution in [0.25, 0.3) is 0 Å². The SMILES string of the molecule is CCCC(=O)C(CCC)C(C)=O. The third-order valence-electron chi connectivity index (χ3n) is 1.95. The summed E-state index contributed by atoms with van der Waals surface area (Å²) in [7, 11) is 0. The van der Waals surface area contributed by atoms with Gasteiger partial charge >= 0.3 is 0 Å². The van der Waals surface area contributed by atoms with E-state index in [1.165, 1.54) is 6.92 Å². The van der Waals surface area contributed by atoms with Crippen molar-refractivity contribution in [2.75, 3.05) is 0 Å². The molecule has 0 fully saturated rings. The Hall–Kier alpha value is -0.660. The number of rotatable bonds is 6. The van der Waals surface area contributed by atoms with Crippen molar-refractivity contribution >= 4 is 11.6 Å². The lowest BCUT2D eigenvalue weighted by Gasteiger charge is -2.09. The number of hydrogen-bond acceptors (Lipinski definition) is 2. The highest BCUT2D eigenvalue weighted by Gasteiger charge is 2.20. The molecule has 12 heavy (non-hydrogen) atoms. The van der Waals surface area contributed by atoms with Crippen LogP contribution in [0.1, 0.15) is 46.5 Å². The summed E-state index contributed by atoms with van der Waals surface area (Å²) in [5.74, 6) is -0.183. The minimum Gasteiger partial charge on any atom is -0.299 e. The van der Waals surface area contributed by atoms with Crippen molar-refractivity contribution in [3.8, 4) is 0 Å². The molecule has 0 saturated carbocycles. The van der Waals surface area contributed by atoms with Gasteiger partial charge < -0.3 is 0 Å². The molecule has 0 rings (SSSR count). The van der Waals surface area contributed by atoms with E-state index in [0.29, 0.717) is 12.8 Å². The molecule has 0 aliphatic rings. The largest absolute Gasteiger partial charge is 0.299 e. The molecule has 0 heterocycles. The molecule has 2 nitrogen and oxygen atoms in total. The number of Topliss-reactive ketones (excluding diaryl/α,β-unsaturated/α-hetero) is 2. The highest BCUT2D eigenvalue weighted by atomic mass is 16.1. The van der Waals surface area contributed by atoms with Gasteiger partial charge in [-0.1, -0.05) is 20.3 Å². The summed E-state index contributed by atoms with van der Waals surface area (Å²) in [6.45, 7) is 5.46. The summed E-state index contributed by atoms with van der Waals surface area (Å²) in [5, 5.41) is 0. The first-order valence-corrected chi connectivity index (χ1v) is 4.66. The molecule has 0 amide bonds. The number of carbonyl (C=O) groups is 2. The number of ketones is 2. The second-order valence-electron chi connectivity index (χ2n) is 3.17. The minimum atomic E-state index is -0.324. The molecule has 0 aliphatic heterocycles. The van der Waals surface area contributed by atoms with Crippen molar-refractivity contribution in [2.45, 2.75) is 46.5 Å². The van der Waals surface area contributed by atoms with E-state index in [9.17, 15) is 9.59 Å². The number of hydrogen-bond donors (Lipinski definition) is 0. The predicted molar refractivity (Wildman–Crippen MR) is 49.0 cm³/mol. The quantitative estimate of drug-likeness (QED) is 0.573. The van der Waals surface area contributed by atoms with Crippen molar-refractivity contribution in [2.24, 2.45) is 5.92 Å². The number of carbonyl (C=O) groups excluding carboxylic acids is 2. The van der Waals surface area contributed by atoms with Crippen molar-refractivity contribution in [3.63, 3.8) is 0 Å². The maximum Gasteiger partial charge on any atom is 0.143 e. The maximum absolute atomic E-state index is 11.4. The van der Waals surface area contributed by atoms with Crippen LogP contribution < -0.4 is 0 Å². The molecule has 1 atom stereocenters. The summed E-state index contributed by atoms with van der Waals surface area (Å²) >= 11 is 0. The second-order valence-corrected chi connectivity index (χ2v) is 3.17. The lowest BCUT2D eigenvalue weighted by atomic mass is 9.92. The van der Waals surface area contributed by atoms with Gasteiger partial charge in [-0.15, -0.1) is 0 Å². The van der Waals surface area contributed by atoms with E-state index >= 15 is 0 Å². The smallest absolute Gasteiger partial charge is 0.143 e. The van der Waals surface area contributed by atoms with Crippen LogP contribution in [-0.4, -0.2) is 11.6 Å². The average molecular weight is 170 g/mol. The monoisotopic (exact) mass is 170 g/mol. The zero-order valence-electron chi connectivity index (χ0n) is 8.22. The third kappa shape index (κ3) is 3.65. The highest BCUT2D eigenvalue weighted by Crippen LogP contribution is 2.12. The summed E-state index contributed by atoms with van der Waals surface area (Å²) in [4.78, 5) is 22.4. The molecule has 0 aromatic carbocycles. The molecular formula is C10H18O2. The van der Waals surface area contributed by atoms with E-state index in [1.807, 2.05) is 13.8 Å². The molecule has 0 aromatic heterocycles. The van der Waals surface area contributed by atoms with Gasteiger partial charge in [0.2, 0.25) is 0 Å². The Morgan fingerprint density at radius 3 is 2.08 bits per heavy atom. The molecule has 2 heteroatoms. The zero-order chi connectivity index (χ0) is 9.56. The van der Waals surface area contributed by atoms with Gasteiger partial charge in [0.1, 0.15) is 11.6 Å². The summed E-state index contributed by atoms with van der Waals surface area (Å²) < 4.78 is 0. The Labute approximate surface area is 74.3 Å². The fourth-order valence-corrected chi connectivity index (χ4v) is 1.30. The van der Waals surface area contributed by atoms with E-state index in [-0.39, 0.29) is 17.5 Å². The zero-order valence-corrected chi connectivity index (χ0v) is 8.22. The van der Waals surface area contributed by atoms with Gasteiger partial charge in [-0.2, -0.15) is 0 Å². The molecule has 1 unspecified atom stereocenters. The lowest BCUT2D eigenvalue weighted by molar-refractivity contribution is -0.131. The molecule has 0 aromatic rings. The van der Waals surface area contributed by atoms with E-state index in [2.05, 4.69) is 0 Å². The van der Waals surface area contributed by atoms with Crippen LogP contribution in [0.15, 0.2) is 0 Å². The summed E-state index contributed by atoms with van der Waals surface area (Å²) in [6, 6.07) is 0. The van der Waals surface area contributed by atoms with E-state index in [0.717, 1.165) is 12.8 Å². The van der Waals surface area contributed by atoms with Gasteiger partial charge in [0.25, 0.3) is 0 Å². The molecule has 0 bridgehead atoms. The molecule has 0 saturated heterocycles. The van der Waals surface area contributed by atoms with Crippen LogP contribution in [0, 0.1) is 5.92 Å². The van der Waals surface area contributed by atoms with Crippen molar-refractivity contribution in [1.82, 2.24) is 0 Å². The van der Waals surface area contributed by atoms with Crippen LogP contribution in [-0.2, 0) is 9.59 Å². The van der Waals surface area contributed by atoms with Crippen LogP contribution >= 0.6 is 0 Å². The van der Waals surface area contributed by atoms with Gasteiger partial charge in [-0.25, -0.2) is 0 Å². The van der Waals surface area contributed by atoms with Crippen LogP contribution in [0.2, 0.25) is 0 Å². The van der Waals surface area contributed by atoms with Crippen molar-refractivity contribution in [3.05, 3.63) is 0 Å². The Morgan fingerprint density at radius 1 is 1.17 bits per heavy atom. The average Bonchev–Trinajstić information content (AvgIpc) is 1.99. The molecule has 0 N–H and O–H groups in total. The molecular weight excluding hydrogens is 152 g/mol. The second kappa shape index (κ2) is 5.92. The van der Waals surface area contributed by atoms with E-state index in [1.54, 1.807) is 0 Å². The Bertz CT molecular complexity index is 161. The predicted octanol–water partition coefficient (Wildman–Crippen LogP) is 2.36. The first kappa shape index (κ1) is 11.3. The van der Waals surface area contributed by atoms with Gasteiger partial charge in [-0.3, -0.25) is 9.59 Å². The summed E-state index contributed by atoms with van der Waals surface area (Å²) in [5.41, 5.74) is 0. The first-order chi connectivity index (χ1) is 5.63. The topological polar surface area (TPSA) is 34.1 Å². The minimum absolute atomic E-state index is 0.0234. The Morgan fingerprint density at radius 2 is 1.75 bits per heavy atom. The first-order valence-electron chi connectivity index (χ1n) is 4.66. The molecule has 0 spiro atoms. The molecule has 0 aliphatic carbocycles. The maximum atomic E-state index is 11.4. The summed E-state index contributed by atoms with van der Waals surface area (Å²) in [6.07, 6.45) is 3.00. The fraction of sp³-hybridized carbons (Fsp3) is 0.800. The normalized spacial score (nSPS) is 12.6. The van der Waals surface area contributed by atoms with Crippen molar-refractivity contribution in [1.29, 1.82) is 0 Å². The Kier molecular flexibility index (Phi) is 5.60. The van der Waals surface area contributed by atoms with Gasteiger partial charge in [0, 0.05) is 6.42 Å². The highest BCUT2D eigenvalue weighted by molar-refractivity contribution is 6.01. The van der Waals surface area contributed by atoms with Crippen LogP contribution in [0.4, 0.5) is 0 Å². The van der Waals surface area contributed by atoms with Crippen molar-refractivity contribution < 1.29 is 9.59 Å². The van der Waals surface area contributed by atoms with E-state index in [4.69, 9.17) is 0 Å². The third-order valence-corrected chi connectivity index (χ3v) is 1.95. The standard InChI is InChI=1S/C10H18O2/c1-4-6-9(8(3)11)10(12)7-5-2/h9H,4-7H2,1-3H3. The fourth-order valence-electron chi connectivity index (χ4n) is 1.30. The van der Waals surface area contributed by atoms with Gasteiger partial charge in [0.05, 0.1) is 5.92 Å². The van der Waals surface area contributed by atoms with Crippen LogP contribution in [0.3, 0.4) is 0 Å². The van der Waals surface area contributed by atoms with Gasteiger partial charge in [-0.05, 0) is 19.8 Å². The molecule has 0 radical (unpaired) electrons. The Balaban J connectivity index is 4.09. The van der Waals surface area contributed by atoms with E-state index < -0.39 is 0 Å². The van der Waals surface area contributed by atoms with Gasteiger partial charge in [0.15, 0.2) is 0 Å².